The van der Waals surface area contributed by atoms with Gasteiger partial charge >= 0.3 is 0 Å². The van der Waals surface area contributed by atoms with Crippen molar-refractivity contribution in [2.75, 3.05) is 37.3 Å². The minimum atomic E-state index is -0.407. The molecule has 2 aliphatic heterocycles. The third-order valence-corrected chi connectivity index (χ3v) is 7.47. The first-order valence-electron chi connectivity index (χ1n) is 11.6. The summed E-state index contributed by atoms with van der Waals surface area (Å²) < 4.78 is 1.56. The molecule has 1 fully saturated rings. The molecule has 2 aromatic heterocycles. The van der Waals surface area contributed by atoms with Crippen LogP contribution in [0.15, 0.2) is 66.1 Å². The van der Waals surface area contributed by atoms with Crippen LogP contribution in [-0.2, 0) is 6.42 Å². The third kappa shape index (κ3) is 4.17. The SMILES string of the molecule is C=C/C=C(\C=C)N1CCCc2ccc(-n3c(=O)c(N)nc4sc(C(=O)NC5CN(C)C5)cc43)cc21. The van der Waals surface area contributed by atoms with Gasteiger partial charge in [0, 0.05) is 31.0 Å². The van der Waals surface area contributed by atoms with Gasteiger partial charge < -0.3 is 20.9 Å². The van der Waals surface area contributed by atoms with Gasteiger partial charge in [0.1, 0.15) is 4.83 Å². The van der Waals surface area contributed by atoms with E-state index >= 15 is 0 Å². The Labute approximate surface area is 207 Å². The molecule has 0 aliphatic carbocycles. The van der Waals surface area contributed by atoms with E-state index in [1.54, 1.807) is 16.7 Å². The van der Waals surface area contributed by atoms with Crippen molar-refractivity contribution < 1.29 is 4.79 Å². The standard InChI is InChI=1S/C26H28N6O2S/c1-4-7-18(5-2)31-11-6-8-16-9-10-19(12-20(16)31)32-21-13-22(24(33)28-17-14-30(3)15-17)35-25(21)29-23(27)26(32)34/h4-5,7,9-10,12-13,17H,1-2,6,8,11,14-15H2,3H3,(H2,27,29)(H,28,33)/b18-7+. The molecular weight excluding hydrogens is 460 g/mol. The zero-order chi connectivity index (χ0) is 24.7. The number of nitrogens with two attached hydrogens (primary N) is 1. The van der Waals surface area contributed by atoms with Gasteiger partial charge in [0.05, 0.1) is 22.1 Å². The molecule has 0 spiro atoms. The predicted molar refractivity (Wildman–Crippen MR) is 143 cm³/mol. The van der Waals surface area contributed by atoms with Crippen LogP contribution >= 0.6 is 11.3 Å². The molecule has 0 atom stereocenters. The van der Waals surface area contributed by atoms with Crippen molar-refractivity contribution in [1.82, 2.24) is 19.8 Å². The summed E-state index contributed by atoms with van der Waals surface area (Å²) >= 11 is 1.24. The normalized spacial score (nSPS) is 16.6. The second kappa shape index (κ2) is 9.16. The van der Waals surface area contributed by atoms with Crippen molar-refractivity contribution in [2.45, 2.75) is 18.9 Å². The molecule has 3 aromatic rings. The van der Waals surface area contributed by atoms with Crippen LogP contribution in [-0.4, -0.2) is 53.1 Å². The number of carbonyl (C=O) groups excluding carboxylic acids is 1. The number of amides is 1. The largest absolute Gasteiger partial charge is 0.379 e. The van der Waals surface area contributed by atoms with E-state index in [0.717, 1.165) is 43.9 Å². The molecule has 1 aromatic carbocycles. The molecule has 3 N–H and O–H groups in total. The maximum absolute atomic E-state index is 13.2. The lowest BCUT2D eigenvalue weighted by Crippen LogP contribution is -2.57. The van der Waals surface area contributed by atoms with Crippen molar-refractivity contribution in [2.24, 2.45) is 0 Å². The van der Waals surface area contributed by atoms with Gasteiger partial charge in [-0.1, -0.05) is 25.3 Å². The van der Waals surface area contributed by atoms with E-state index in [1.807, 2.05) is 37.4 Å². The average molecular weight is 489 g/mol. The maximum Gasteiger partial charge on any atom is 0.298 e. The van der Waals surface area contributed by atoms with Crippen LogP contribution in [0.5, 0.6) is 0 Å². The van der Waals surface area contributed by atoms with Gasteiger partial charge in [0.15, 0.2) is 5.82 Å². The van der Waals surface area contributed by atoms with Crippen molar-refractivity contribution >= 4 is 39.1 Å². The van der Waals surface area contributed by atoms with Crippen molar-refractivity contribution in [3.05, 3.63) is 82.1 Å². The van der Waals surface area contributed by atoms with E-state index in [9.17, 15) is 9.59 Å². The summed E-state index contributed by atoms with van der Waals surface area (Å²) in [5.74, 6) is -0.259. The molecule has 0 unspecified atom stereocenters. The van der Waals surface area contributed by atoms with Crippen LogP contribution in [0, 0.1) is 0 Å². The van der Waals surface area contributed by atoms with E-state index < -0.39 is 5.56 Å². The Morgan fingerprint density at radius 1 is 1.29 bits per heavy atom. The molecule has 1 amide bonds. The fourth-order valence-corrected chi connectivity index (χ4v) is 5.70. The summed E-state index contributed by atoms with van der Waals surface area (Å²) in [7, 11) is 2.01. The highest BCUT2D eigenvalue weighted by Crippen LogP contribution is 2.34. The topological polar surface area (TPSA) is 96.5 Å². The summed E-state index contributed by atoms with van der Waals surface area (Å²) in [5.41, 5.74) is 10.0. The highest BCUT2D eigenvalue weighted by atomic mass is 32.1. The minimum Gasteiger partial charge on any atom is -0.379 e. The molecule has 2 aliphatic rings. The number of nitrogen functional groups attached to an aromatic ring is 1. The number of nitrogens with zero attached hydrogens (tertiary/aromatic N) is 4. The number of hydrogen-bond donors (Lipinski definition) is 2. The molecule has 0 saturated carbocycles. The predicted octanol–water partition coefficient (Wildman–Crippen LogP) is 3.08. The molecule has 8 nitrogen and oxygen atoms in total. The van der Waals surface area contributed by atoms with E-state index in [4.69, 9.17) is 5.73 Å². The summed E-state index contributed by atoms with van der Waals surface area (Å²) in [6, 6.07) is 7.83. The molecule has 4 heterocycles. The number of allylic oxidation sites excluding steroid dienone is 3. The number of aryl methyl sites for hydroxylation is 1. The van der Waals surface area contributed by atoms with E-state index in [-0.39, 0.29) is 17.8 Å². The lowest BCUT2D eigenvalue weighted by atomic mass is 10.00. The number of carbonyl (C=O) groups is 1. The number of benzene rings is 1. The number of thiophene rings is 1. The maximum atomic E-state index is 13.2. The Balaban J connectivity index is 1.59. The minimum absolute atomic E-state index is 0.0974. The Kier molecular flexibility index (Phi) is 6.04. The molecule has 5 rings (SSSR count). The smallest absolute Gasteiger partial charge is 0.298 e. The first kappa shape index (κ1) is 23.1. The molecule has 180 valence electrons. The number of rotatable bonds is 6. The Hall–Kier alpha value is -3.69. The number of aromatic nitrogens is 2. The number of anilines is 2. The molecule has 0 bridgehead atoms. The van der Waals surface area contributed by atoms with Gasteiger partial charge in [0.25, 0.3) is 11.5 Å². The Morgan fingerprint density at radius 3 is 2.80 bits per heavy atom. The molecule has 9 heteroatoms. The van der Waals surface area contributed by atoms with Crippen LogP contribution in [0.3, 0.4) is 0 Å². The fourth-order valence-electron chi connectivity index (χ4n) is 4.77. The number of likely N-dealkylation sites (N-methyl/N-ethyl adjacent to an activating group) is 1. The van der Waals surface area contributed by atoms with Gasteiger partial charge in [-0.3, -0.25) is 14.2 Å². The van der Waals surface area contributed by atoms with Crippen LogP contribution in [0.2, 0.25) is 0 Å². The van der Waals surface area contributed by atoms with Gasteiger partial charge in [0.2, 0.25) is 0 Å². The second-order valence-corrected chi connectivity index (χ2v) is 9.96. The number of fused-ring (bicyclic) bond motifs is 2. The van der Waals surface area contributed by atoms with Crippen LogP contribution in [0.25, 0.3) is 16.0 Å². The summed E-state index contributed by atoms with van der Waals surface area (Å²) in [5, 5.41) is 3.04. The van der Waals surface area contributed by atoms with Gasteiger partial charge in [-0.05, 0) is 55.8 Å². The van der Waals surface area contributed by atoms with Crippen molar-refractivity contribution in [3.63, 3.8) is 0 Å². The van der Waals surface area contributed by atoms with Crippen LogP contribution in [0.1, 0.15) is 21.7 Å². The first-order chi connectivity index (χ1) is 16.9. The number of hydrogen-bond acceptors (Lipinski definition) is 7. The number of nitrogens with one attached hydrogen (secondary N) is 1. The Morgan fingerprint density at radius 2 is 2.09 bits per heavy atom. The molecular formula is C26H28N6O2S. The van der Waals surface area contributed by atoms with Gasteiger partial charge in [-0.15, -0.1) is 11.3 Å². The average Bonchev–Trinajstić information content (AvgIpc) is 3.25. The summed E-state index contributed by atoms with van der Waals surface area (Å²) in [6.07, 6.45) is 7.44. The summed E-state index contributed by atoms with van der Waals surface area (Å²) in [4.78, 5) is 35.7. The Bertz CT molecular complexity index is 1430. The quantitative estimate of drug-likeness (QED) is 0.518. The lowest BCUT2D eigenvalue weighted by Gasteiger charge is -2.36. The lowest BCUT2D eigenvalue weighted by molar-refractivity contribution is 0.0862. The third-order valence-electron chi connectivity index (χ3n) is 6.46. The first-order valence-corrected chi connectivity index (χ1v) is 12.4. The zero-order valence-corrected chi connectivity index (χ0v) is 20.5. The van der Waals surface area contributed by atoms with Gasteiger partial charge in [-0.25, -0.2) is 4.98 Å². The van der Waals surface area contributed by atoms with Crippen molar-refractivity contribution in [1.29, 1.82) is 0 Å². The van der Waals surface area contributed by atoms with Gasteiger partial charge in [-0.2, -0.15) is 0 Å². The van der Waals surface area contributed by atoms with Crippen LogP contribution in [0.4, 0.5) is 11.5 Å². The second-order valence-electron chi connectivity index (χ2n) is 8.93. The molecule has 35 heavy (non-hydrogen) atoms. The monoisotopic (exact) mass is 488 g/mol. The number of likely N-dealkylation sites (tertiary alicyclic amines) is 1. The van der Waals surface area contributed by atoms with Crippen molar-refractivity contribution in [3.8, 4) is 5.69 Å². The van der Waals surface area contributed by atoms with Crippen LogP contribution < -0.4 is 21.5 Å². The highest BCUT2D eigenvalue weighted by Gasteiger charge is 2.27. The van der Waals surface area contributed by atoms with E-state index in [0.29, 0.717) is 20.9 Å². The zero-order valence-electron chi connectivity index (χ0n) is 19.7. The van der Waals surface area contributed by atoms with E-state index in [1.165, 1.54) is 16.9 Å². The highest BCUT2D eigenvalue weighted by molar-refractivity contribution is 7.20. The fraction of sp³-hybridized carbons (Fsp3) is 0.269. The van der Waals surface area contributed by atoms with E-state index in [2.05, 4.69) is 33.3 Å². The molecule has 1 saturated heterocycles. The summed E-state index contributed by atoms with van der Waals surface area (Å²) in [6.45, 7) is 10.3. The molecule has 0 radical (unpaired) electrons.